The van der Waals surface area contributed by atoms with Crippen molar-refractivity contribution in [3.8, 4) is 22.5 Å². The first-order chi connectivity index (χ1) is 12.8. The molecule has 1 N–H and O–H groups in total. The average Bonchev–Trinajstić information content (AvgIpc) is 3.13. The number of hydrogen-bond donors (Lipinski definition) is 2. The van der Waals surface area contributed by atoms with Crippen molar-refractivity contribution >= 4 is 24.3 Å². The predicted octanol–water partition coefficient (Wildman–Crippen LogP) is 6.45. The van der Waals surface area contributed by atoms with Gasteiger partial charge in [0.25, 0.3) is 0 Å². The van der Waals surface area contributed by atoms with Gasteiger partial charge in [0, 0.05) is 16.0 Å². The summed E-state index contributed by atoms with van der Waals surface area (Å²) < 4.78 is 0. The minimum absolute atomic E-state index is 0.470. The molecule has 0 aliphatic carbocycles. The minimum Gasteiger partial charge on any atom is -0.320 e. The number of rotatable bonds is 4. The molecule has 0 atom stereocenters. The van der Waals surface area contributed by atoms with Gasteiger partial charge in [-0.2, -0.15) is 0 Å². The maximum atomic E-state index is 4.66. The van der Waals surface area contributed by atoms with E-state index in [4.69, 9.17) is 0 Å². The Hall–Kier alpha value is -3.18. The van der Waals surface area contributed by atoms with E-state index in [9.17, 15) is 0 Å². The predicted molar refractivity (Wildman–Crippen MR) is 107 cm³/mol. The van der Waals surface area contributed by atoms with Crippen LogP contribution in [-0.4, -0.2) is 9.97 Å². The van der Waals surface area contributed by atoms with E-state index in [0.29, 0.717) is 5.95 Å². The number of hydrogen-bond acceptors (Lipinski definition) is 4. The van der Waals surface area contributed by atoms with E-state index < -0.39 is 0 Å². The molecule has 4 rings (SSSR count). The molecule has 0 fully saturated rings. The molecule has 126 valence electrons. The molecule has 0 saturated carbocycles. The molecular formula is C21H16N4S. The van der Waals surface area contributed by atoms with Gasteiger partial charge in [-0.15, -0.1) is 22.9 Å². The summed E-state index contributed by atoms with van der Waals surface area (Å²) in [5, 5.41) is 8.53. The Labute approximate surface area is 157 Å². The van der Waals surface area contributed by atoms with Crippen molar-refractivity contribution in [2.45, 2.75) is 4.90 Å². The lowest BCUT2D eigenvalue weighted by molar-refractivity contribution is 1.12. The van der Waals surface area contributed by atoms with Crippen molar-refractivity contribution in [2.75, 3.05) is 0 Å². The fourth-order valence-corrected chi connectivity index (χ4v) is 2.80. The zero-order valence-corrected chi connectivity index (χ0v) is 14.8. The maximum absolute atomic E-state index is 4.66. The monoisotopic (exact) mass is 356 g/mol. The largest absolute Gasteiger partial charge is 0.320 e. The molecule has 3 aromatic carbocycles. The molecule has 0 saturated heterocycles. The molecule has 1 aromatic heterocycles. The van der Waals surface area contributed by atoms with E-state index in [1.165, 1.54) is 0 Å². The number of azo groups is 1. The topological polar surface area (TPSA) is 53.4 Å². The normalized spacial score (nSPS) is 11.1. The van der Waals surface area contributed by atoms with Gasteiger partial charge in [-0.1, -0.05) is 60.7 Å². The summed E-state index contributed by atoms with van der Waals surface area (Å²) in [7, 11) is 0. The SMILES string of the molecule is Sc1ccc(N=Nc2nc(-c3ccccc3)c(-c3ccccc3)[nH]2)cc1. The lowest BCUT2D eigenvalue weighted by Gasteiger charge is -2.02. The van der Waals surface area contributed by atoms with Gasteiger partial charge in [-0.05, 0) is 24.3 Å². The molecule has 1 heterocycles. The summed E-state index contributed by atoms with van der Waals surface area (Å²) in [6, 6.07) is 27.7. The molecule has 5 heteroatoms. The van der Waals surface area contributed by atoms with Gasteiger partial charge in [0.1, 0.15) is 0 Å². The van der Waals surface area contributed by atoms with Gasteiger partial charge in [-0.25, -0.2) is 4.98 Å². The number of nitrogens with zero attached hydrogens (tertiary/aromatic N) is 3. The Morgan fingerprint density at radius 3 is 1.96 bits per heavy atom. The van der Waals surface area contributed by atoms with E-state index >= 15 is 0 Å². The van der Waals surface area contributed by atoms with Crippen molar-refractivity contribution < 1.29 is 0 Å². The van der Waals surface area contributed by atoms with Crippen LogP contribution in [0.4, 0.5) is 11.6 Å². The third kappa shape index (κ3) is 3.58. The Bertz CT molecular complexity index is 966. The molecular weight excluding hydrogens is 340 g/mol. The highest BCUT2D eigenvalue weighted by atomic mass is 32.1. The molecule has 4 nitrogen and oxygen atoms in total. The van der Waals surface area contributed by atoms with Gasteiger partial charge in [0.15, 0.2) is 0 Å². The molecule has 4 aromatic rings. The van der Waals surface area contributed by atoms with Crippen LogP contribution in [0, 0.1) is 0 Å². The molecule has 26 heavy (non-hydrogen) atoms. The van der Waals surface area contributed by atoms with Crippen LogP contribution in [0.2, 0.25) is 0 Å². The summed E-state index contributed by atoms with van der Waals surface area (Å²) >= 11 is 4.28. The van der Waals surface area contributed by atoms with Crippen molar-refractivity contribution in [2.24, 2.45) is 10.2 Å². The second-order valence-electron chi connectivity index (χ2n) is 5.73. The first kappa shape index (κ1) is 16.3. The minimum atomic E-state index is 0.470. The molecule has 0 radical (unpaired) electrons. The fraction of sp³-hybridized carbons (Fsp3) is 0. The quantitative estimate of drug-likeness (QED) is 0.320. The lowest BCUT2D eigenvalue weighted by atomic mass is 10.1. The van der Waals surface area contributed by atoms with Crippen molar-refractivity contribution in [1.29, 1.82) is 0 Å². The van der Waals surface area contributed by atoms with E-state index in [0.717, 1.165) is 33.1 Å². The summed E-state index contributed by atoms with van der Waals surface area (Å²) in [5.41, 5.74) is 4.62. The number of nitrogens with one attached hydrogen (secondary N) is 1. The molecule has 0 aliphatic heterocycles. The Kier molecular flexibility index (Phi) is 4.62. The molecule has 0 unspecified atom stereocenters. The number of thiol groups is 1. The maximum Gasteiger partial charge on any atom is 0.247 e. The van der Waals surface area contributed by atoms with Crippen LogP contribution in [-0.2, 0) is 0 Å². The average molecular weight is 356 g/mol. The van der Waals surface area contributed by atoms with E-state index in [1.807, 2.05) is 84.9 Å². The summed E-state index contributed by atoms with van der Waals surface area (Å²) in [6.07, 6.45) is 0. The van der Waals surface area contributed by atoms with Crippen LogP contribution in [0.3, 0.4) is 0 Å². The van der Waals surface area contributed by atoms with Gasteiger partial charge in [0.05, 0.1) is 17.1 Å². The summed E-state index contributed by atoms with van der Waals surface area (Å²) in [5.74, 6) is 0.470. The second kappa shape index (κ2) is 7.37. The first-order valence-electron chi connectivity index (χ1n) is 8.21. The molecule has 0 bridgehead atoms. The van der Waals surface area contributed by atoms with Crippen molar-refractivity contribution in [3.05, 3.63) is 84.9 Å². The van der Waals surface area contributed by atoms with Crippen molar-refractivity contribution in [3.63, 3.8) is 0 Å². The third-order valence-electron chi connectivity index (χ3n) is 3.91. The van der Waals surface area contributed by atoms with Crippen LogP contribution in [0.15, 0.2) is 100 Å². The van der Waals surface area contributed by atoms with Gasteiger partial charge < -0.3 is 4.98 Å². The smallest absolute Gasteiger partial charge is 0.247 e. The summed E-state index contributed by atoms with van der Waals surface area (Å²) in [4.78, 5) is 8.84. The number of H-pyrrole nitrogens is 1. The zero-order valence-electron chi connectivity index (χ0n) is 13.9. The Morgan fingerprint density at radius 1 is 0.692 bits per heavy atom. The Morgan fingerprint density at radius 2 is 1.31 bits per heavy atom. The number of aromatic nitrogens is 2. The molecule has 0 aliphatic rings. The van der Waals surface area contributed by atoms with E-state index in [1.54, 1.807) is 0 Å². The van der Waals surface area contributed by atoms with Crippen LogP contribution in [0.1, 0.15) is 0 Å². The van der Waals surface area contributed by atoms with Crippen LogP contribution in [0.5, 0.6) is 0 Å². The number of benzene rings is 3. The van der Waals surface area contributed by atoms with Crippen LogP contribution >= 0.6 is 12.6 Å². The highest BCUT2D eigenvalue weighted by Crippen LogP contribution is 2.32. The zero-order chi connectivity index (χ0) is 17.8. The summed E-state index contributed by atoms with van der Waals surface area (Å²) in [6.45, 7) is 0. The van der Waals surface area contributed by atoms with Gasteiger partial charge >= 0.3 is 0 Å². The molecule has 0 amide bonds. The third-order valence-corrected chi connectivity index (χ3v) is 4.21. The van der Waals surface area contributed by atoms with Gasteiger partial charge in [0.2, 0.25) is 5.95 Å². The van der Waals surface area contributed by atoms with Crippen molar-refractivity contribution in [1.82, 2.24) is 9.97 Å². The number of aromatic amines is 1. The van der Waals surface area contributed by atoms with E-state index in [-0.39, 0.29) is 0 Å². The highest BCUT2D eigenvalue weighted by Gasteiger charge is 2.13. The first-order valence-corrected chi connectivity index (χ1v) is 8.66. The fourth-order valence-electron chi connectivity index (χ4n) is 2.65. The lowest BCUT2D eigenvalue weighted by Crippen LogP contribution is -1.82. The van der Waals surface area contributed by atoms with Gasteiger partial charge in [-0.3, -0.25) is 0 Å². The molecule has 0 spiro atoms. The van der Waals surface area contributed by atoms with E-state index in [2.05, 4.69) is 32.8 Å². The Balaban J connectivity index is 1.75. The van der Waals surface area contributed by atoms with Crippen LogP contribution in [0.25, 0.3) is 22.5 Å². The standard InChI is InChI=1S/C21H16N4S/c26-18-13-11-17(12-14-18)24-25-21-22-19(15-7-3-1-4-8-15)20(23-21)16-9-5-2-6-10-16/h1-14,26H,(H,22,23). The highest BCUT2D eigenvalue weighted by molar-refractivity contribution is 7.80. The number of imidazole rings is 1. The van der Waals surface area contributed by atoms with Crippen LogP contribution < -0.4 is 0 Å². The second-order valence-corrected chi connectivity index (χ2v) is 6.25.